The van der Waals surface area contributed by atoms with Crippen molar-refractivity contribution in [3.63, 3.8) is 0 Å². The topological polar surface area (TPSA) is 48.8 Å². The highest BCUT2D eigenvalue weighted by molar-refractivity contribution is 9.10. The molecule has 234 valence electrons. The van der Waals surface area contributed by atoms with Crippen molar-refractivity contribution >= 4 is 37.6 Å². The van der Waals surface area contributed by atoms with Gasteiger partial charge in [0, 0.05) is 46.5 Å². The molecule has 2 bridgehead atoms. The van der Waals surface area contributed by atoms with Gasteiger partial charge in [0.15, 0.2) is 0 Å². The molecule has 5 aromatic rings. The van der Waals surface area contributed by atoms with E-state index < -0.39 is 11.5 Å². The molecule has 7 rings (SSSR count). The van der Waals surface area contributed by atoms with Gasteiger partial charge in [-0.15, -0.1) is 0 Å². The van der Waals surface area contributed by atoms with Gasteiger partial charge in [-0.2, -0.15) is 0 Å². The van der Waals surface area contributed by atoms with E-state index in [0.29, 0.717) is 24.4 Å². The van der Waals surface area contributed by atoms with Crippen LogP contribution in [-0.2, 0) is 5.60 Å². The van der Waals surface area contributed by atoms with Crippen molar-refractivity contribution < 1.29 is 9.84 Å². The fourth-order valence-corrected chi connectivity index (χ4v) is 8.16. The van der Waals surface area contributed by atoms with E-state index in [1.807, 2.05) is 36.5 Å². The molecule has 3 heterocycles. The quantitative estimate of drug-likeness (QED) is 0.106. The lowest BCUT2D eigenvalue weighted by atomic mass is 9.71. The number of nitrogens with zero attached hydrogens (tertiary/aromatic N) is 3. The van der Waals surface area contributed by atoms with Crippen LogP contribution in [0.25, 0.3) is 21.7 Å². The standard InChI is InChI=1S/C40H40BrN3O2/c1-3-43-26-35-25-34(43)27-44(35)21-11-10-20-40(45,32-17-16-28-12-8-9-15-30(28)22-32)38(29-13-6-5-7-14-29)36-24-31-23-33(41)18-19-37(31)42-39(36)46-4-2/h3-9,12-19,22-24,34-35,38,45H,1-2,10-11,20-21,25-27H2. The predicted octanol–water partition coefficient (Wildman–Crippen LogP) is 8.76. The fraction of sp³-hybridized carbons (Fsp3) is 0.275. The average Bonchev–Trinajstić information content (AvgIpc) is 3.68. The largest absolute Gasteiger partial charge is 0.447 e. The summed E-state index contributed by atoms with van der Waals surface area (Å²) in [6.07, 6.45) is 7.10. The second-order valence-corrected chi connectivity index (χ2v) is 13.6. The second kappa shape index (κ2) is 13.0. The molecule has 4 atom stereocenters. The van der Waals surface area contributed by atoms with Crippen molar-refractivity contribution in [2.45, 2.75) is 49.3 Å². The molecule has 4 aromatic carbocycles. The highest BCUT2D eigenvalue weighted by atomic mass is 79.9. The molecular weight excluding hydrogens is 634 g/mol. The first-order chi connectivity index (χ1) is 22.5. The number of piperazine rings is 1. The van der Waals surface area contributed by atoms with Gasteiger partial charge < -0.3 is 14.7 Å². The summed E-state index contributed by atoms with van der Waals surface area (Å²) in [6.45, 7) is 11.1. The van der Waals surface area contributed by atoms with Crippen LogP contribution >= 0.6 is 15.9 Å². The zero-order valence-corrected chi connectivity index (χ0v) is 27.6. The Morgan fingerprint density at radius 3 is 2.46 bits per heavy atom. The summed E-state index contributed by atoms with van der Waals surface area (Å²) in [6, 6.07) is 34.4. The van der Waals surface area contributed by atoms with Crippen LogP contribution in [0.3, 0.4) is 0 Å². The number of pyridine rings is 1. The van der Waals surface area contributed by atoms with Crippen LogP contribution in [0.5, 0.6) is 5.88 Å². The van der Waals surface area contributed by atoms with Crippen LogP contribution < -0.4 is 4.74 Å². The Hall–Kier alpha value is -3.97. The van der Waals surface area contributed by atoms with Gasteiger partial charge in [0.05, 0.1) is 11.8 Å². The summed E-state index contributed by atoms with van der Waals surface area (Å²) in [5, 5.41) is 16.6. The van der Waals surface area contributed by atoms with Crippen LogP contribution in [-0.4, -0.2) is 51.6 Å². The van der Waals surface area contributed by atoms with Gasteiger partial charge in [-0.05, 0) is 90.7 Å². The minimum Gasteiger partial charge on any atom is -0.447 e. The van der Waals surface area contributed by atoms with E-state index in [9.17, 15) is 5.11 Å². The van der Waals surface area contributed by atoms with Crippen LogP contribution in [0.1, 0.15) is 48.3 Å². The van der Waals surface area contributed by atoms with Gasteiger partial charge >= 0.3 is 0 Å². The van der Waals surface area contributed by atoms with Gasteiger partial charge in [0.1, 0.15) is 5.60 Å². The molecule has 6 heteroatoms. The normalized spacial score (nSPS) is 19.7. The zero-order chi connectivity index (χ0) is 31.7. The Morgan fingerprint density at radius 1 is 0.891 bits per heavy atom. The lowest BCUT2D eigenvalue weighted by molar-refractivity contribution is 0.00647. The van der Waals surface area contributed by atoms with Crippen LogP contribution in [0.15, 0.2) is 127 Å². The van der Waals surface area contributed by atoms with Crippen molar-refractivity contribution in [2.24, 2.45) is 0 Å². The number of rotatable bonds is 12. The molecule has 0 saturated carbocycles. The summed E-state index contributed by atoms with van der Waals surface area (Å²) in [4.78, 5) is 9.98. The monoisotopic (exact) mass is 673 g/mol. The first-order valence-electron chi connectivity index (χ1n) is 16.2. The Kier molecular flexibility index (Phi) is 8.69. The number of halogens is 1. The third kappa shape index (κ3) is 5.86. The third-order valence-corrected chi connectivity index (χ3v) is 10.5. The number of hydrogen-bond donors (Lipinski definition) is 1. The first-order valence-corrected chi connectivity index (χ1v) is 17.0. The predicted molar refractivity (Wildman–Crippen MR) is 191 cm³/mol. The molecule has 0 radical (unpaired) electrons. The van der Waals surface area contributed by atoms with Gasteiger partial charge in [-0.1, -0.05) is 95.8 Å². The zero-order valence-electron chi connectivity index (χ0n) is 26.1. The minimum absolute atomic E-state index is 0.454. The highest BCUT2D eigenvalue weighted by Crippen LogP contribution is 2.48. The molecular formula is C40H40BrN3O2. The summed E-state index contributed by atoms with van der Waals surface area (Å²) >= 11 is 3.64. The Morgan fingerprint density at radius 2 is 1.70 bits per heavy atom. The molecule has 2 aliphatic rings. The number of unbranched alkanes of at least 4 members (excludes halogenated alkanes) is 1. The van der Waals surface area contributed by atoms with Crippen LogP contribution in [0, 0.1) is 0 Å². The van der Waals surface area contributed by atoms with Gasteiger partial charge in [0.2, 0.25) is 5.88 Å². The molecule has 4 unspecified atom stereocenters. The number of aliphatic hydroxyl groups is 1. The number of ether oxygens (including phenoxy) is 1. The van der Waals surface area contributed by atoms with E-state index in [4.69, 9.17) is 9.72 Å². The molecule has 1 aromatic heterocycles. The van der Waals surface area contributed by atoms with E-state index in [0.717, 1.165) is 75.3 Å². The molecule has 46 heavy (non-hydrogen) atoms. The summed E-state index contributed by atoms with van der Waals surface area (Å²) in [7, 11) is 0. The maximum atomic E-state index is 13.3. The summed E-state index contributed by atoms with van der Waals surface area (Å²) in [5.41, 5.74) is 2.29. The van der Waals surface area contributed by atoms with Crippen LogP contribution in [0.4, 0.5) is 0 Å². The molecule has 0 aliphatic carbocycles. The summed E-state index contributed by atoms with van der Waals surface area (Å²) < 4.78 is 7.00. The summed E-state index contributed by atoms with van der Waals surface area (Å²) in [5.74, 6) is 0.00222. The lowest BCUT2D eigenvalue weighted by Crippen LogP contribution is -2.44. The maximum absolute atomic E-state index is 13.3. The highest BCUT2D eigenvalue weighted by Gasteiger charge is 2.43. The SMILES string of the molecule is C=COc1nc2ccc(Br)cc2cc1C(c1ccccc1)C(O)(CCCCN1CC2CC1CN2C=C)c1ccc2ccccc2c1. The molecule has 1 N–H and O–H groups in total. The molecule has 2 saturated heterocycles. The maximum Gasteiger partial charge on any atom is 0.222 e. The van der Waals surface area contributed by atoms with Crippen molar-refractivity contribution in [2.75, 3.05) is 19.6 Å². The molecule has 0 spiro atoms. The van der Waals surface area contributed by atoms with Crippen molar-refractivity contribution in [3.05, 3.63) is 144 Å². The van der Waals surface area contributed by atoms with E-state index >= 15 is 0 Å². The number of hydrogen-bond acceptors (Lipinski definition) is 5. The van der Waals surface area contributed by atoms with Gasteiger partial charge in [-0.25, -0.2) is 4.98 Å². The average molecular weight is 675 g/mol. The molecule has 5 nitrogen and oxygen atoms in total. The molecule has 2 aliphatic heterocycles. The number of aromatic nitrogens is 1. The van der Waals surface area contributed by atoms with E-state index in [1.54, 1.807) is 0 Å². The number of likely N-dealkylation sites (tertiary alicyclic amines) is 2. The van der Waals surface area contributed by atoms with Crippen molar-refractivity contribution in [1.82, 2.24) is 14.8 Å². The van der Waals surface area contributed by atoms with Crippen molar-refractivity contribution in [3.8, 4) is 5.88 Å². The smallest absolute Gasteiger partial charge is 0.222 e. The fourth-order valence-electron chi connectivity index (χ4n) is 7.79. The molecule has 2 fully saturated rings. The first kappa shape index (κ1) is 30.7. The Labute approximate surface area is 280 Å². The molecule has 0 amide bonds. The van der Waals surface area contributed by atoms with E-state index in [2.05, 4.69) is 106 Å². The van der Waals surface area contributed by atoms with E-state index in [-0.39, 0.29) is 0 Å². The Bertz CT molecular complexity index is 1880. The van der Waals surface area contributed by atoms with Gasteiger partial charge in [0.25, 0.3) is 0 Å². The third-order valence-electron chi connectivity index (χ3n) is 10.0. The lowest BCUT2D eigenvalue weighted by Gasteiger charge is -2.39. The van der Waals surface area contributed by atoms with Crippen LogP contribution in [0.2, 0.25) is 0 Å². The van der Waals surface area contributed by atoms with E-state index in [1.165, 1.54) is 12.7 Å². The van der Waals surface area contributed by atoms with Gasteiger partial charge in [-0.3, -0.25) is 4.90 Å². The number of fused-ring (bicyclic) bond motifs is 4. The second-order valence-electron chi connectivity index (χ2n) is 12.7. The minimum atomic E-state index is -1.25. The Balaban J connectivity index is 1.31. The van der Waals surface area contributed by atoms with Crippen molar-refractivity contribution in [1.29, 1.82) is 0 Å². The number of benzene rings is 4.